The zero-order valence-corrected chi connectivity index (χ0v) is 6.64. The zero-order chi connectivity index (χ0) is 9.14. The van der Waals surface area contributed by atoms with Crippen molar-refractivity contribution >= 4 is 5.97 Å². The first-order valence-electron chi connectivity index (χ1n) is 3.50. The Labute approximate surface area is 69.8 Å². The molecular formula is C7H11NO4. The smallest absolute Gasteiger partial charge is 0.334 e. The van der Waals surface area contributed by atoms with Crippen LogP contribution in [0.15, 0.2) is 12.2 Å². The van der Waals surface area contributed by atoms with E-state index in [0.717, 1.165) is 0 Å². The second-order valence-electron chi connectivity index (χ2n) is 2.46. The van der Waals surface area contributed by atoms with Crippen LogP contribution in [0.3, 0.4) is 0 Å². The number of hydrogen-bond donors (Lipinski definition) is 2. The van der Waals surface area contributed by atoms with E-state index in [1.165, 1.54) is 7.11 Å². The molecule has 1 aliphatic heterocycles. The van der Waals surface area contributed by atoms with E-state index in [-0.39, 0.29) is 0 Å². The Hall–Kier alpha value is -0.910. The van der Waals surface area contributed by atoms with Gasteiger partial charge in [-0.3, -0.25) is 0 Å². The lowest BCUT2D eigenvalue weighted by Crippen LogP contribution is -2.46. The summed E-state index contributed by atoms with van der Waals surface area (Å²) < 4.78 is 9.77. The Morgan fingerprint density at radius 2 is 2.33 bits per heavy atom. The number of nitrogens with two attached hydrogens (primary N) is 1. The van der Waals surface area contributed by atoms with Crippen molar-refractivity contribution in [3.63, 3.8) is 0 Å². The molecule has 0 radical (unpaired) electrons. The predicted molar refractivity (Wildman–Crippen MR) is 40.4 cm³/mol. The summed E-state index contributed by atoms with van der Waals surface area (Å²) in [7, 11) is 1.44. The predicted octanol–water partition coefficient (Wildman–Crippen LogP) is -0.674. The average Bonchev–Trinajstić information content (AvgIpc) is 2.05. The highest BCUT2D eigenvalue weighted by Crippen LogP contribution is 2.11. The fourth-order valence-electron chi connectivity index (χ4n) is 0.957. The summed E-state index contributed by atoms with van der Waals surface area (Å²) in [6.45, 7) is 0. The molecule has 1 aliphatic rings. The van der Waals surface area contributed by atoms with Crippen LogP contribution in [0.2, 0.25) is 0 Å². The van der Waals surface area contributed by atoms with Gasteiger partial charge in [-0.05, 0) is 6.08 Å². The molecule has 0 saturated carbocycles. The third kappa shape index (κ3) is 1.82. The Morgan fingerprint density at radius 3 is 2.83 bits per heavy atom. The van der Waals surface area contributed by atoms with E-state index in [4.69, 9.17) is 20.3 Å². The van der Waals surface area contributed by atoms with E-state index in [1.54, 1.807) is 12.2 Å². The number of carbonyl (C=O) groups is 1. The number of methoxy groups -OCH3 is 1. The van der Waals surface area contributed by atoms with Crippen molar-refractivity contribution < 1.29 is 19.4 Å². The Bertz CT molecular complexity index is 204. The van der Waals surface area contributed by atoms with Crippen molar-refractivity contribution in [3.8, 4) is 0 Å². The molecular weight excluding hydrogens is 162 g/mol. The van der Waals surface area contributed by atoms with Gasteiger partial charge >= 0.3 is 5.97 Å². The van der Waals surface area contributed by atoms with Crippen LogP contribution < -0.4 is 5.73 Å². The van der Waals surface area contributed by atoms with E-state index in [1.807, 2.05) is 0 Å². The topological polar surface area (TPSA) is 81.8 Å². The number of rotatable bonds is 2. The van der Waals surface area contributed by atoms with Crippen LogP contribution in [0.1, 0.15) is 0 Å². The highest BCUT2D eigenvalue weighted by atomic mass is 16.7. The maximum Gasteiger partial charge on any atom is 0.334 e. The van der Waals surface area contributed by atoms with Crippen LogP contribution in [0.4, 0.5) is 0 Å². The third-order valence-electron chi connectivity index (χ3n) is 1.60. The number of ether oxygens (including phenoxy) is 2. The molecule has 0 aromatic rings. The van der Waals surface area contributed by atoms with Gasteiger partial charge in [-0.25, -0.2) is 4.79 Å². The molecule has 1 rings (SSSR count). The summed E-state index contributed by atoms with van der Waals surface area (Å²) in [5.41, 5.74) is 5.45. The van der Waals surface area contributed by atoms with Gasteiger partial charge in [-0.2, -0.15) is 0 Å². The van der Waals surface area contributed by atoms with Gasteiger partial charge in [0.2, 0.25) is 0 Å². The monoisotopic (exact) mass is 173 g/mol. The van der Waals surface area contributed by atoms with Crippen molar-refractivity contribution in [2.75, 3.05) is 7.11 Å². The molecule has 0 aromatic heterocycles. The molecule has 0 amide bonds. The Balaban J connectivity index is 2.66. The van der Waals surface area contributed by atoms with Crippen LogP contribution in [0.25, 0.3) is 0 Å². The first-order chi connectivity index (χ1) is 5.65. The molecule has 68 valence electrons. The largest absolute Gasteiger partial charge is 0.479 e. The molecule has 0 spiro atoms. The minimum Gasteiger partial charge on any atom is -0.479 e. The second-order valence-corrected chi connectivity index (χ2v) is 2.46. The Morgan fingerprint density at radius 1 is 1.67 bits per heavy atom. The van der Waals surface area contributed by atoms with E-state index < -0.39 is 24.4 Å². The third-order valence-corrected chi connectivity index (χ3v) is 1.60. The molecule has 1 heterocycles. The fourth-order valence-corrected chi connectivity index (χ4v) is 0.957. The summed E-state index contributed by atoms with van der Waals surface area (Å²) in [6, 6.07) is -0.603. The maximum absolute atomic E-state index is 10.5. The van der Waals surface area contributed by atoms with Crippen LogP contribution in [-0.4, -0.2) is 36.6 Å². The van der Waals surface area contributed by atoms with Crippen LogP contribution >= 0.6 is 0 Å². The van der Waals surface area contributed by atoms with Crippen LogP contribution in [-0.2, 0) is 14.3 Å². The lowest BCUT2D eigenvalue weighted by atomic mass is 10.1. The minimum absolute atomic E-state index is 0.603. The first kappa shape index (κ1) is 9.18. The lowest BCUT2D eigenvalue weighted by molar-refractivity contribution is -0.174. The molecule has 0 aromatic carbocycles. The van der Waals surface area contributed by atoms with Crippen LogP contribution in [0, 0.1) is 0 Å². The summed E-state index contributed by atoms with van der Waals surface area (Å²) in [6.07, 6.45) is 1.53. The molecule has 3 atom stereocenters. The molecule has 0 unspecified atom stereocenters. The highest BCUT2D eigenvalue weighted by Gasteiger charge is 2.30. The van der Waals surface area contributed by atoms with Gasteiger partial charge in [0.15, 0.2) is 12.4 Å². The second kappa shape index (κ2) is 3.66. The molecule has 0 aliphatic carbocycles. The van der Waals surface area contributed by atoms with Crippen LogP contribution in [0.5, 0.6) is 0 Å². The molecule has 0 saturated heterocycles. The first-order valence-corrected chi connectivity index (χ1v) is 3.50. The number of carboxylic acid groups (broad SMARTS) is 1. The molecule has 12 heavy (non-hydrogen) atoms. The average molecular weight is 173 g/mol. The van der Waals surface area contributed by atoms with Crippen molar-refractivity contribution in [2.45, 2.75) is 18.4 Å². The maximum atomic E-state index is 10.5. The van der Waals surface area contributed by atoms with Gasteiger partial charge in [0.1, 0.15) is 0 Å². The Kier molecular flexibility index (Phi) is 2.80. The summed E-state index contributed by atoms with van der Waals surface area (Å²) in [5.74, 6) is -1.08. The van der Waals surface area contributed by atoms with E-state index >= 15 is 0 Å². The SMILES string of the molecule is CO[C@@H]1C=C[C@H](N)[C@@H](C(=O)O)O1. The fraction of sp³-hybridized carbons (Fsp3) is 0.571. The normalized spacial score (nSPS) is 35.0. The molecule has 5 nitrogen and oxygen atoms in total. The van der Waals surface area contributed by atoms with Gasteiger partial charge < -0.3 is 20.3 Å². The number of aliphatic carboxylic acids is 1. The van der Waals surface area contributed by atoms with E-state index in [0.29, 0.717) is 0 Å². The van der Waals surface area contributed by atoms with Gasteiger partial charge in [0.25, 0.3) is 0 Å². The van der Waals surface area contributed by atoms with E-state index in [2.05, 4.69) is 0 Å². The van der Waals surface area contributed by atoms with Gasteiger partial charge in [-0.1, -0.05) is 6.08 Å². The summed E-state index contributed by atoms with van der Waals surface area (Å²) in [4.78, 5) is 10.5. The van der Waals surface area contributed by atoms with Crippen molar-refractivity contribution in [2.24, 2.45) is 5.73 Å². The quantitative estimate of drug-likeness (QED) is 0.541. The van der Waals surface area contributed by atoms with Crippen molar-refractivity contribution in [3.05, 3.63) is 12.2 Å². The lowest BCUT2D eigenvalue weighted by Gasteiger charge is -2.26. The zero-order valence-electron chi connectivity index (χ0n) is 6.64. The summed E-state index contributed by atoms with van der Waals surface area (Å²) >= 11 is 0. The van der Waals surface area contributed by atoms with Gasteiger partial charge in [0.05, 0.1) is 6.04 Å². The molecule has 3 N–H and O–H groups in total. The number of hydrogen-bond acceptors (Lipinski definition) is 4. The number of carboxylic acids is 1. The highest BCUT2D eigenvalue weighted by molar-refractivity contribution is 5.74. The van der Waals surface area contributed by atoms with Crippen molar-refractivity contribution in [1.82, 2.24) is 0 Å². The van der Waals surface area contributed by atoms with Gasteiger partial charge in [-0.15, -0.1) is 0 Å². The van der Waals surface area contributed by atoms with E-state index in [9.17, 15) is 4.79 Å². The summed E-state index contributed by atoms with van der Waals surface area (Å²) in [5, 5.41) is 8.63. The van der Waals surface area contributed by atoms with Crippen molar-refractivity contribution in [1.29, 1.82) is 0 Å². The minimum atomic E-state index is -1.08. The molecule has 5 heteroatoms. The molecule has 0 fully saturated rings. The standard InChI is InChI=1S/C7H11NO4/c1-11-5-3-2-4(8)6(12-5)7(9)10/h2-6H,8H2,1H3,(H,9,10)/t4-,5-,6-/m0/s1. The molecule has 0 bridgehead atoms. The van der Waals surface area contributed by atoms with Gasteiger partial charge in [0, 0.05) is 7.11 Å².